The fourth-order valence-corrected chi connectivity index (χ4v) is 4.51. The summed E-state index contributed by atoms with van der Waals surface area (Å²) in [5, 5.41) is 2.78. The molecule has 1 aliphatic carbocycles. The van der Waals surface area contributed by atoms with Crippen molar-refractivity contribution in [3.8, 4) is 0 Å². The number of rotatable bonds is 5. The molecule has 1 aromatic carbocycles. The molecule has 2 fully saturated rings. The average molecular weight is 413 g/mol. The Balaban J connectivity index is 1.32. The molecule has 0 unspecified atom stereocenters. The Morgan fingerprint density at radius 2 is 1.77 bits per heavy atom. The minimum absolute atomic E-state index is 0.00227. The van der Waals surface area contributed by atoms with Gasteiger partial charge in [0.2, 0.25) is 0 Å². The first kappa shape index (κ1) is 20.1. The lowest BCUT2D eigenvalue weighted by molar-refractivity contribution is -0.148. The van der Waals surface area contributed by atoms with E-state index in [1.54, 1.807) is 24.3 Å². The molecule has 30 heavy (non-hydrogen) atoms. The number of carbonyl (C=O) groups is 5. The first-order valence-electron chi connectivity index (χ1n) is 10.1. The van der Waals surface area contributed by atoms with Crippen molar-refractivity contribution in [1.82, 2.24) is 15.1 Å². The van der Waals surface area contributed by atoms with Gasteiger partial charge in [0.25, 0.3) is 17.7 Å². The van der Waals surface area contributed by atoms with Crippen LogP contribution in [0.25, 0.3) is 0 Å². The van der Waals surface area contributed by atoms with Gasteiger partial charge in [-0.1, -0.05) is 31.9 Å². The average Bonchev–Trinajstić information content (AvgIpc) is 3.11. The fraction of sp³-hybridized carbons (Fsp3) is 0.476. The van der Waals surface area contributed by atoms with Crippen LogP contribution in [0.2, 0.25) is 0 Å². The molecular weight excluding hydrogens is 390 g/mol. The van der Waals surface area contributed by atoms with Crippen molar-refractivity contribution in [2.45, 2.75) is 38.1 Å². The number of esters is 1. The predicted molar refractivity (Wildman–Crippen MR) is 103 cm³/mol. The molecule has 158 valence electrons. The van der Waals surface area contributed by atoms with Crippen LogP contribution in [0.5, 0.6) is 0 Å². The molecule has 1 spiro atoms. The molecule has 2 atom stereocenters. The predicted octanol–water partition coefficient (Wildman–Crippen LogP) is 1.33. The number of imide groups is 2. The summed E-state index contributed by atoms with van der Waals surface area (Å²) < 4.78 is 5.10. The van der Waals surface area contributed by atoms with Crippen LogP contribution in [-0.2, 0) is 14.3 Å². The second-order valence-electron chi connectivity index (χ2n) is 7.97. The lowest BCUT2D eigenvalue weighted by Crippen LogP contribution is -2.54. The number of hydrogen-bond donors (Lipinski definition) is 1. The second-order valence-corrected chi connectivity index (χ2v) is 7.97. The maximum absolute atomic E-state index is 12.9. The third-order valence-corrected chi connectivity index (χ3v) is 6.24. The van der Waals surface area contributed by atoms with Gasteiger partial charge in [-0.25, -0.2) is 4.79 Å². The Kier molecular flexibility index (Phi) is 5.05. The fourth-order valence-electron chi connectivity index (χ4n) is 4.51. The highest BCUT2D eigenvalue weighted by molar-refractivity contribution is 6.21. The number of benzene rings is 1. The maximum atomic E-state index is 12.9. The van der Waals surface area contributed by atoms with Crippen molar-refractivity contribution in [3.63, 3.8) is 0 Å². The van der Waals surface area contributed by atoms with Crippen LogP contribution >= 0.6 is 0 Å². The number of urea groups is 1. The molecule has 1 saturated heterocycles. The minimum Gasteiger partial charge on any atom is -0.462 e. The van der Waals surface area contributed by atoms with Crippen LogP contribution in [0.15, 0.2) is 24.3 Å². The van der Waals surface area contributed by atoms with Crippen molar-refractivity contribution in [1.29, 1.82) is 0 Å². The third-order valence-electron chi connectivity index (χ3n) is 6.24. The molecule has 0 radical (unpaired) electrons. The highest BCUT2D eigenvalue weighted by Gasteiger charge is 2.55. The van der Waals surface area contributed by atoms with E-state index in [0.717, 1.165) is 29.1 Å². The van der Waals surface area contributed by atoms with Crippen LogP contribution in [0.3, 0.4) is 0 Å². The van der Waals surface area contributed by atoms with E-state index in [1.807, 2.05) is 6.92 Å². The summed E-state index contributed by atoms with van der Waals surface area (Å²) >= 11 is 0. The third kappa shape index (κ3) is 3.14. The van der Waals surface area contributed by atoms with Crippen LogP contribution in [0, 0.1) is 5.92 Å². The van der Waals surface area contributed by atoms with Gasteiger partial charge in [-0.15, -0.1) is 0 Å². The molecule has 3 aliphatic rings. The summed E-state index contributed by atoms with van der Waals surface area (Å²) in [6.07, 6.45) is 3.25. The number of fused-ring (bicyclic) bond motifs is 1. The Morgan fingerprint density at radius 1 is 1.10 bits per heavy atom. The van der Waals surface area contributed by atoms with Crippen LogP contribution in [0.1, 0.15) is 53.3 Å². The molecule has 1 saturated carbocycles. The number of nitrogens with one attached hydrogen (secondary N) is 1. The zero-order chi connectivity index (χ0) is 21.5. The molecule has 1 aromatic rings. The van der Waals surface area contributed by atoms with Gasteiger partial charge in [-0.05, 0) is 30.9 Å². The van der Waals surface area contributed by atoms with Gasteiger partial charge >= 0.3 is 12.0 Å². The number of carbonyl (C=O) groups excluding carboxylic acids is 5. The number of amides is 5. The summed E-state index contributed by atoms with van der Waals surface area (Å²) in [5.41, 5.74) is -0.296. The van der Waals surface area contributed by atoms with Crippen molar-refractivity contribution < 1.29 is 28.7 Å². The lowest BCUT2D eigenvalue weighted by atomic mass is 9.73. The molecule has 0 aromatic heterocycles. The Bertz CT molecular complexity index is 909. The van der Waals surface area contributed by atoms with Crippen LogP contribution < -0.4 is 5.32 Å². The van der Waals surface area contributed by atoms with Crippen LogP contribution in [-0.4, -0.2) is 64.8 Å². The summed E-state index contributed by atoms with van der Waals surface area (Å²) in [6.45, 7) is 1.12. The molecule has 5 amide bonds. The Labute approximate surface area is 173 Å². The molecular formula is C21H23N3O6. The van der Waals surface area contributed by atoms with Crippen molar-refractivity contribution >= 4 is 29.7 Å². The van der Waals surface area contributed by atoms with E-state index >= 15 is 0 Å². The molecule has 9 nitrogen and oxygen atoms in total. The van der Waals surface area contributed by atoms with Crippen molar-refractivity contribution in [3.05, 3.63) is 35.4 Å². The molecule has 4 rings (SSSR count). The number of hydrogen-bond acceptors (Lipinski definition) is 6. The van der Waals surface area contributed by atoms with E-state index in [2.05, 4.69) is 5.32 Å². The lowest BCUT2D eigenvalue weighted by Gasteiger charge is -2.36. The topological polar surface area (TPSA) is 113 Å². The van der Waals surface area contributed by atoms with E-state index in [1.165, 1.54) is 0 Å². The van der Waals surface area contributed by atoms with Crippen molar-refractivity contribution in [2.75, 3.05) is 19.7 Å². The monoisotopic (exact) mass is 413 g/mol. The molecule has 0 bridgehead atoms. The molecule has 2 aliphatic heterocycles. The zero-order valence-electron chi connectivity index (χ0n) is 16.7. The quantitative estimate of drug-likeness (QED) is 0.443. The van der Waals surface area contributed by atoms with Gasteiger partial charge in [-0.3, -0.25) is 29.0 Å². The summed E-state index contributed by atoms with van der Waals surface area (Å²) in [5.74, 6) is -2.03. The minimum atomic E-state index is -0.935. The van der Waals surface area contributed by atoms with Crippen molar-refractivity contribution in [2.24, 2.45) is 5.92 Å². The first-order chi connectivity index (χ1) is 14.3. The smallest absolute Gasteiger partial charge is 0.326 e. The normalized spacial score (nSPS) is 25.7. The summed E-state index contributed by atoms with van der Waals surface area (Å²) in [7, 11) is 0. The number of ether oxygens (including phenoxy) is 1. The van der Waals surface area contributed by atoms with E-state index in [0.29, 0.717) is 17.5 Å². The molecule has 2 heterocycles. The standard InChI is InChI=1S/C21H23N3O6/c1-13-6-4-5-9-21(13)19(28)24(20(29)22-21)12-16(25)30-11-10-23-17(26)14-7-2-3-8-15(14)18(23)27/h2-3,7-8,13H,4-6,9-12H2,1H3,(H,22,29)/t13-,21-/m0/s1. The zero-order valence-corrected chi connectivity index (χ0v) is 16.7. The maximum Gasteiger partial charge on any atom is 0.326 e. The largest absolute Gasteiger partial charge is 0.462 e. The SMILES string of the molecule is C[C@H]1CCCC[C@]12NC(=O)N(CC(=O)OCCN1C(=O)c3ccccc3C1=O)C2=O. The first-order valence-corrected chi connectivity index (χ1v) is 10.1. The van der Waals surface area contributed by atoms with Gasteiger partial charge in [-0.2, -0.15) is 0 Å². The van der Waals surface area contributed by atoms with Gasteiger partial charge in [0, 0.05) is 0 Å². The van der Waals surface area contributed by atoms with Crippen LogP contribution in [0.4, 0.5) is 4.79 Å². The Morgan fingerprint density at radius 3 is 2.40 bits per heavy atom. The number of nitrogens with zero attached hydrogens (tertiary/aromatic N) is 2. The van der Waals surface area contributed by atoms with Gasteiger partial charge in [0.1, 0.15) is 18.7 Å². The van der Waals surface area contributed by atoms with E-state index in [4.69, 9.17) is 4.74 Å². The summed E-state index contributed by atoms with van der Waals surface area (Å²) in [4.78, 5) is 63.9. The second kappa shape index (κ2) is 7.55. The van der Waals surface area contributed by atoms with Gasteiger partial charge in [0.05, 0.1) is 17.7 Å². The Hall–Kier alpha value is -3.23. The van der Waals surface area contributed by atoms with Gasteiger partial charge in [0.15, 0.2) is 0 Å². The van der Waals surface area contributed by atoms with Gasteiger partial charge < -0.3 is 10.1 Å². The highest BCUT2D eigenvalue weighted by Crippen LogP contribution is 2.38. The summed E-state index contributed by atoms with van der Waals surface area (Å²) in [6, 6.07) is 5.89. The molecule has 9 heteroatoms. The van der Waals surface area contributed by atoms with E-state index in [-0.39, 0.29) is 19.1 Å². The van der Waals surface area contributed by atoms with E-state index < -0.39 is 41.8 Å². The molecule has 1 N–H and O–H groups in total. The highest BCUT2D eigenvalue weighted by atomic mass is 16.5. The van der Waals surface area contributed by atoms with E-state index in [9.17, 15) is 24.0 Å².